The number of aromatic nitrogens is 1. The number of alkyl halides is 3. The Morgan fingerprint density at radius 3 is 2.31 bits per heavy atom. The molecular weight excluding hydrogens is 465 g/mol. The number of nitrogens with zero attached hydrogens (tertiary/aromatic N) is 3. The van der Waals surface area contributed by atoms with Crippen molar-refractivity contribution in [1.29, 1.82) is 0 Å². The number of piperidine rings is 1. The number of anilines is 2. The zero-order chi connectivity index (χ0) is 25.5. The molecule has 3 aromatic rings. The Balaban J connectivity index is 1.48. The fourth-order valence-electron chi connectivity index (χ4n) is 4.27. The maximum absolute atomic E-state index is 13.2. The predicted octanol–water partition coefficient (Wildman–Crippen LogP) is 5.66. The summed E-state index contributed by atoms with van der Waals surface area (Å²) in [5, 5.41) is 3.36. The summed E-state index contributed by atoms with van der Waals surface area (Å²) in [6.07, 6.45) is 4.01. The number of halogens is 3. The van der Waals surface area contributed by atoms with Gasteiger partial charge in [-0.05, 0) is 73.0 Å². The van der Waals surface area contributed by atoms with Gasteiger partial charge in [0.2, 0.25) is 5.91 Å². The van der Waals surface area contributed by atoms with E-state index in [2.05, 4.69) is 15.2 Å². The van der Waals surface area contributed by atoms with Crippen LogP contribution in [-0.2, 0) is 17.5 Å². The van der Waals surface area contributed by atoms with Crippen LogP contribution in [0, 0.1) is 0 Å². The Morgan fingerprint density at radius 2 is 1.69 bits per heavy atom. The van der Waals surface area contributed by atoms with Crippen molar-refractivity contribution in [3.05, 3.63) is 95.8 Å². The van der Waals surface area contributed by atoms with Gasteiger partial charge in [0, 0.05) is 56.0 Å². The summed E-state index contributed by atoms with van der Waals surface area (Å²) in [5.74, 6) is -0.165. The molecule has 1 aromatic heterocycles. The number of carbonyl (C=O) groups excluding carboxylic acids is 1. The van der Waals surface area contributed by atoms with Gasteiger partial charge in [0.15, 0.2) is 0 Å². The van der Waals surface area contributed by atoms with E-state index in [1.807, 2.05) is 48.3 Å². The lowest BCUT2D eigenvalue weighted by atomic mass is 10.0. The third-order valence-electron chi connectivity index (χ3n) is 6.38. The molecule has 0 saturated carbocycles. The molecule has 1 aliphatic heterocycles. The third kappa shape index (κ3) is 6.51. The molecule has 0 radical (unpaired) electrons. The fourth-order valence-corrected chi connectivity index (χ4v) is 4.27. The molecule has 0 unspecified atom stereocenters. The average Bonchev–Trinajstić information content (AvgIpc) is 2.91. The Morgan fingerprint density at radius 1 is 1.03 bits per heavy atom. The van der Waals surface area contributed by atoms with Crippen molar-refractivity contribution in [2.45, 2.75) is 31.6 Å². The van der Waals surface area contributed by atoms with Gasteiger partial charge >= 0.3 is 6.18 Å². The van der Waals surface area contributed by atoms with Crippen LogP contribution in [0.4, 0.5) is 24.5 Å². The summed E-state index contributed by atoms with van der Waals surface area (Å²) in [6, 6.07) is 16.8. The molecule has 0 spiro atoms. The molecule has 4 rings (SSSR count). The second kappa shape index (κ2) is 11.4. The van der Waals surface area contributed by atoms with Gasteiger partial charge in [0.1, 0.15) is 0 Å². The maximum Gasteiger partial charge on any atom is 0.416 e. The second-order valence-corrected chi connectivity index (χ2v) is 8.85. The van der Waals surface area contributed by atoms with Crippen molar-refractivity contribution < 1.29 is 18.0 Å². The summed E-state index contributed by atoms with van der Waals surface area (Å²) in [4.78, 5) is 21.2. The van der Waals surface area contributed by atoms with Gasteiger partial charge in [-0.3, -0.25) is 9.78 Å². The maximum atomic E-state index is 13.2. The Labute approximate surface area is 209 Å². The zero-order valence-electron chi connectivity index (χ0n) is 20.1. The third-order valence-corrected chi connectivity index (χ3v) is 6.38. The Bertz CT molecular complexity index is 1160. The number of pyridine rings is 1. The van der Waals surface area contributed by atoms with Crippen LogP contribution in [0.2, 0.25) is 0 Å². The summed E-state index contributed by atoms with van der Waals surface area (Å²) in [6.45, 7) is 2.08. The fraction of sp³-hybridized carbons (Fsp3) is 0.286. The molecule has 8 heteroatoms. The first-order valence-electron chi connectivity index (χ1n) is 11.9. The Hall–Kier alpha value is -3.65. The molecule has 2 aromatic carbocycles. The van der Waals surface area contributed by atoms with Crippen molar-refractivity contribution in [2.75, 3.05) is 25.0 Å². The predicted molar refractivity (Wildman–Crippen MR) is 136 cm³/mol. The van der Waals surface area contributed by atoms with Crippen LogP contribution in [0.1, 0.15) is 29.5 Å². The van der Waals surface area contributed by atoms with E-state index in [1.54, 1.807) is 18.5 Å². The molecular formula is C28H29F3N4O. The van der Waals surface area contributed by atoms with Crippen molar-refractivity contribution in [1.82, 2.24) is 15.2 Å². The number of carbonyl (C=O) groups is 1. The van der Waals surface area contributed by atoms with Gasteiger partial charge in [-0.1, -0.05) is 24.3 Å². The topological polar surface area (TPSA) is 48.5 Å². The molecule has 1 atom stereocenters. The van der Waals surface area contributed by atoms with E-state index in [0.29, 0.717) is 18.7 Å². The lowest BCUT2D eigenvalue weighted by molar-refractivity contribution is -0.137. The van der Waals surface area contributed by atoms with Gasteiger partial charge in [-0.15, -0.1) is 0 Å². The molecule has 1 fully saturated rings. The van der Waals surface area contributed by atoms with Crippen LogP contribution >= 0.6 is 0 Å². The van der Waals surface area contributed by atoms with E-state index in [1.165, 1.54) is 18.2 Å². The normalized spacial score (nSPS) is 16.2. The monoisotopic (exact) mass is 494 g/mol. The lowest BCUT2D eigenvalue weighted by Crippen LogP contribution is -2.47. The molecule has 2 heterocycles. The van der Waals surface area contributed by atoms with Gasteiger partial charge in [0.05, 0.1) is 5.56 Å². The van der Waals surface area contributed by atoms with Crippen LogP contribution < -0.4 is 10.2 Å². The highest BCUT2D eigenvalue weighted by Gasteiger charge is 2.30. The first kappa shape index (κ1) is 25.4. The van der Waals surface area contributed by atoms with Gasteiger partial charge in [-0.2, -0.15) is 13.2 Å². The number of amides is 1. The van der Waals surface area contributed by atoms with Crippen LogP contribution in [0.15, 0.2) is 79.1 Å². The number of benzene rings is 2. The van der Waals surface area contributed by atoms with Gasteiger partial charge in [0.25, 0.3) is 0 Å². The van der Waals surface area contributed by atoms with Crippen LogP contribution in [-0.4, -0.2) is 42.0 Å². The van der Waals surface area contributed by atoms with E-state index in [-0.39, 0.29) is 11.9 Å². The average molecular weight is 495 g/mol. The summed E-state index contributed by atoms with van der Waals surface area (Å²) < 4.78 is 38.5. The number of rotatable bonds is 7. The molecule has 1 N–H and O–H groups in total. The molecule has 1 saturated heterocycles. The largest absolute Gasteiger partial charge is 0.416 e. The van der Waals surface area contributed by atoms with Crippen molar-refractivity contribution in [3.8, 4) is 0 Å². The van der Waals surface area contributed by atoms with E-state index >= 15 is 0 Å². The van der Waals surface area contributed by atoms with Crippen molar-refractivity contribution >= 4 is 23.4 Å². The smallest absolute Gasteiger partial charge is 0.345 e. The molecule has 1 amide bonds. The quantitative estimate of drug-likeness (QED) is 0.431. The standard InChI is InChI=1S/C28H29F3N4O/c1-34(25-14-17-32-18-15-25)24-11-6-22(7-12-24)20-35(26-3-2-16-33-19-26)27(36)13-8-21-4-9-23(10-5-21)28(29,30)31/h4-15,17-18,26,33H,2-3,16,19-20H2,1H3/b13-8+/t26-/m0/s1. The second-order valence-electron chi connectivity index (χ2n) is 8.85. The van der Waals surface area contributed by atoms with Crippen molar-refractivity contribution in [3.63, 3.8) is 0 Å². The highest BCUT2D eigenvalue weighted by atomic mass is 19.4. The van der Waals surface area contributed by atoms with Gasteiger partial charge in [-0.25, -0.2) is 0 Å². The molecule has 36 heavy (non-hydrogen) atoms. The highest BCUT2D eigenvalue weighted by Crippen LogP contribution is 2.29. The van der Waals surface area contributed by atoms with Crippen LogP contribution in [0.25, 0.3) is 6.08 Å². The molecule has 0 aliphatic carbocycles. The highest BCUT2D eigenvalue weighted by molar-refractivity contribution is 5.92. The minimum absolute atomic E-state index is 0.0441. The molecule has 1 aliphatic rings. The summed E-state index contributed by atoms with van der Waals surface area (Å²) in [5.41, 5.74) is 2.88. The van der Waals surface area contributed by atoms with Crippen molar-refractivity contribution in [2.24, 2.45) is 0 Å². The first-order chi connectivity index (χ1) is 17.3. The number of hydrogen-bond acceptors (Lipinski definition) is 4. The van der Waals surface area contributed by atoms with Gasteiger partial charge < -0.3 is 15.1 Å². The van der Waals surface area contributed by atoms with E-state index in [9.17, 15) is 18.0 Å². The molecule has 0 bridgehead atoms. The van der Waals surface area contributed by atoms with E-state index in [0.717, 1.165) is 48.5 Å². The summed E-state index contributed by atoms with van der Waals surface area (Å²) >= 11 is 0. The van der Waals surface area contributed by atoms with Crippen LogP contribution in [0.3, 0.4) is 0 Å². The number of hydrogen-bond donors (Lipinski definition) is 1. The van der Waals surface area contributed by atoms with E-state index in [4.69, 9.17) is 0 Å². The first-order valence-corrected chi connectivity index (χ1v) is 11.9. The molecule has 188 valence electrons. The van der Waals surface area contributed by atoms with Crippen LogP contribution in [0.5, 0.6) is 0 Å². The minimum Gasteiger partial charge on any atom is -0.345 e. The zero-order valence-corrected chi connectivity index (χ0v) is 20.1. The Kier molecular flexibility index (Phi) is 8.05. The summed E-state index contributed by atoms with van der Waals surface area (Å²) in [7, 11) is 1.99. The minimum atomic E-state index is -4.38. The lowest BCUT2D eigenvalue weighted by Gasteiger charge is -2.34. The molecule has 5 nitrogen and oxygen atoms in total. The number of nitrogens with one attached hydrogen (secondary N) is 1. The van der Waals surface area contributed by atoms with E-state index < -0.39 is 11.7 Å². The SMILES string of the molecule is CN(c1ccncc1)c1ccc(CN(C(=O)/C=C/c2ccc(C(F)(F)F)cc2)[C@H]2CCCNC2)cc1.